The highest BCUT2D eigenvalue weighted by Crippen LogP contribution is 2.29. The summed E-state index contributed by atoms with van der Waals surface area (Å²) >= 11 is 0. The van der Waals surface area contributed by atoms with Crippen molar-refractivity contribution in [1.82, 2.24) is 0 Å². The SMILES string of the molecule is CC(C)OCC(=O)C1(N)CCC1. The van der Waals surface area contributed by atoms with Crippen LogP contribution in [0.1, 0.15) is 33.1 Å². The average Bonchev–Trinajstić information content (AvgIpc) is 1.95. The first-order valence-electron chi connectivity index (χ1n) is 4.48. The van der Waals surface area contributed by atoms with Gasteiger partial charge in [0.05, 0.1) is 11.6 Å². The van der Waals surface area contributed by atoms with Crippen molar-refractivity contribution in [1.29, 1.82) is 0 Å². The molecule has 0 aliphatic heterocycles. The first kappa shape index (κ1) is 9.68. The highest BCUT2D eigenvalue weighted by molar-refractivity contribution is 5.90. The molecule has 2 N–H and O–H groups in total. The van der Waals surface area contributed by atoms with E-state index in [2.05, 4.69) is 0 Å². The van der Waals surface area contributed by atoms with E-state index in [4.69, 9.17) is 10.5 Å². The van der Waals surface area contributed by atoms with Crippen LogP contribution in [0, 0.1) is 0 Å². The van der Waals surface area contributed by atoms with Crippen molar-refractivity contribution in [3.8, 4) is 0 Å². The molecule has 1 rings (SSSR count). The van der Waals surface area contributed by atoms with Crippen molar-refractivity contribution >= 4 is 5.78 Å². The third-order valence-electron chi connectivity index (χ3n) is 2.35. The Morgan fingerprint density at radius 2 is 2.17 bits per heavy atom. The molecule has 0 aromatic carbocycles. The van der Waals surface area contributed by atoms with E-state index < -0.39 is 5.54 Å². The molecule has 0 heterocycles. The van der Waals surface area contributed by atoms with Crippen LogP contribution in [0.2, 0.25) is 0 Å². The standard InChI is InChI=1S/C9H17NO2/c1-7(2)12-6-8(11)9(10)4-3-5-9/h7H,3-6,10H2,1-2H3. The van der Waals surface area contributed by atoms with Crippen LogP contribution in [0.5, 0.6) is 0 Å². The summed E-state index contributed by atoms with van der Waals surface area (Å²) in [6.45, 7) is 4.00. The number of ketones is 1. The van der Waals surface area contributed by atoms with Gasteiger partial charge in [0, 0.05) is 0 Å². The third-order valence-corrected chi connectivity index (χ3v) is 2.35. The Kier molecular flexibility index (Phi) is 2.85. The Bertz CT molecular complexity index is 173. The summed E-state index contributed by atoms with van der Waals surface area (Å²) in [5.41, 5.74) is 5.26. The molecule has 0 atom stereocenters. The number of nitrogens with two attached hydrogens (primary N) is 1. The minimum Gasteiger partial charge on any atom is -0.371 e. The maximum atomic E-state index is 11.4. The van der Waals surface area contributed by atoms with Crippen molar-refractivity contribution in [2.45, 2.75) is 44.8 Å². The van der Waals surface area contributed by atoms with Crippen molar-refractivity contribution < 1.29 is 9.53 Å². The fourth-order valence-corrected chi connectivity index (χ4v) is 1.22. The van der Waals surface area contributed by atoms with E-state index in [0.29, 0.717) is 0 Å². The van der Waals surface area contributed by atoms with E-state index in [1.807, 2.05) is 13.8 Å². The topological polar surface area (TPSA) is 52.3 Å². The van der Waals surface area contributed by atoms with E-state index in [0.717, 1.165) is 19.3 Å². The van der Waals surface area contributed by atoms with Crippen molar-refractivity contribution in [2.24, 2.45) is 5.73 Å². The van der Waals surface area contributed by atoms with E-state index in [-0.39, 0.29) is 18.5 Å². The molecule has 0 spiro atoms. The summed E-state index contributed by atoms with van der Waals surface area (Å²) in [6.07, 6.45) is 2.84. The lowest BCUT2D eigenvalue weighted by atomic mass is 9.75. The van der Waals surface area contributed by atoms with E-state index in [1.165, 1.54) is 0 Å². The molecule has 1 fully saturated rings. The van der Waals surface area contributed by atoms with Gasteiger partial charge in [0.1, 0.15) is 6.61 Å². The summed E-state index contributed by atoms with van der Waals surface area (Å²) in [5, 5.41) is 0. The predicted molar refractivity (Wildman–Crippen MR) is 46.9 cm³/mol. The van der Waals surface area contributed by atoms with Gasteiger partial charge in [-0.3, -0.25) is 4.79 Å². The number of hydrogen-bond acceptors (Lipinski definition) is 3. The number of ether oxygens (including phenoxy) is 1. The average molecular weight is 171 g/mol. The molecule has 12 heavy (non-hydrogen) atoms. The largest absolute Gasteiger partial charge is 0.371 e. The quantitative estimate of drug-likeness (QED) is 0.682. The van der Waals surface area contributed by atoms with Crippen molar-refractivity contribution in [3.63, 3.8) is 0 Å². The number of rotatable bonds is 4. The molecule has 0 saturated heterocycles. The lowest BCUT2D eigenvalue weighted by Crippen LogP contribution is -2.55. The summed E-state index contributed by atoms with van der Waals surface area (Å²) < 4.78 is 5.20. The van der Waals surface area contributed by atoms with Gasteiger partial charge < -0.3 is 10.5 Å². The molecular weight excluding hydrogens is 154 g/mol. The van der Waals surface area contributed by atoms with Crippen molar-refractivity contribution in [2.75, 3.05) is 6.61 Å². The van der Waals surface area contributed by atoms with Crippen LogP contribution < -0.4 is 5.73 Å². The summed E-state index contributed by atoms with van der Waals surface area (Å²) in [5.74, 6) is 0.0578. The minimum atomic E-state index is -0.547. The van der Waals surface area contributed by atoms with E-state index in [9.17, 15) is 4.79 Å². The number of hydrogen-bond donors (Lipinski definition) is 1. The van der Waals surface area contributed by atoms with Gasteiger partial charge in [-0.25, -0.2) is 0 Å². The third kappa shape index (κ3) is 2.05. The molecule has 3 heteroatoms. The maximum absolute atomic E-state index is 11.4. The zero-order chi connectivity index (χ0) is 9.19. The predicted octanol–water partition coefficient (Wildman–Crippen LogP) is 0.862. The molecule has 0 amide bonds. The Balaban J connectivity index is 2.28. The molecule has 1 saturated carbocycles. The monoisotopic (exact) mass is 171 g/mol. The highest BCUT2D eigenvalue weighted by Gasteiger charge is 2.39. The second kappa shape index (κ2) is 3.54. The highest BCUT2D eigenvalue weighted by atomic mass is 16.5. The molecule has 0 unspecified atom stereocenters. The fourth-order valence-electron chi connectivity index (χ4n) is 1.22. The van der Waals surface area contributed by atoms with Crippen LogP contribution in [0.25, 0.3) is 0 Å². The summed E-state index contributed by atoms with van der Waals surface area (Å²) in [6, 6.07) is 0. The fraction of sp³-hybridized carbons (Fsp3) is 0.889. The molecule has 70 valence electrons. The molecular formula is C9H17NO2. The molecule has 0 bridgehead atoms. The maximum Gasteiger partial charge on any atom is 0.178 e. The van der Waals surface area contributed by atoms with Crippen LogP contribution in [0.15, 0.2) is 0 Å². The van der Waals surface area contributed by atoms with Crippen LogP contribution in [0.3, 0.4) is 0 Å². The van der Waals surface area contributed by atoms with E-state index in [1.54, 1.807) is 0 Å². The zero-order valence-electron chi connectivity index (χ0n) is 7.80. The van der Waals surface area contributed by atoms with Gasteiger partial charge in [0.25, 0.3) is 0 Å². The molecule has 3 nitrogen and oxygen atoms in total. The van der Waals surface area contributed by atoms with Gasteiger partial charge in [-0.2, -0.15) is 0 Å². The summed E-state index contributed by atoms with van der Waals surface area (Å²) in [4.78, 5) is 11.4. The smallest absolute Gasteiger partial charge is 0.178 e. The van der Waals surface area contributed by atoms with Gasteiger partial charge in [0.15, 0.2) is 5.78 Å². The van der Waals surface area contributed by atoms with Gasteiger partial charge in [-0.15, -0.1) is 0 Å². The first-order chi connectivity index (χ1) is 5.54. The van der Waals surface area contributed by atoms with Crippen LogP contribution in [-0.4, -0.2) is 24.0 Å². The zero-order valence-corrected chi connectivity index (χ0v) is 7.80. The van der Waals surface area contributed by atoms with Crippen molar-refractivity contribution in [3.05, 3.63) is 0 Å². The minimum absolute atomic E-state index is 0.0578. The lowest BCUT2D eigenvalue weighted by molar-refractivity contribution is -0.133. The summed E-state index contributed by atoms with van der Waals surface area (Å²) in [7, 11) is 0. The molecule has 0 radical (unpaired) electrons. The molecule has 1 aliphatic rings. The molecule has 0 aromatic heterocycles. The Morgan fingerprint density at radius 3 is 2.50 bits per heavy atom. The Morgan fingerprint density at radius 1 is 1.58 bits per heavy atom. The number of carbonyl (C=O) groups is 1. The number of carbonyl (C=O) groups excluding carboxylic acids is 1. The van der Waals surface area contributed by atoms with Gasteiger partial charge in [-0.05, 0) is 33.1 Å². The van der Waals surface area contributed by atoms with E-state index >= 15 is 0 Å². The lowest BCUT2D eigenvalue weighted by Gasteiger charge is -2.36. The Labute approximate surface area is 73.3 Å². The second-order valence-electron chi connectivity index (χ2n) is 3.79. The Hall–Kier alpha value is -0.410. The normalized spacial score (nSPS) is 20.7. The molecule has 1 aliphatic carbocycles. The van der Waals surface area contributed by atoms with Gasteiger partial charge >= 0.3 is 0 Å². The molecule has 0 aromatic rings. The second-order valence-corrected chi connectivity index (χ2v) is 3.79. The van der Waals surface area contributed by atoms with Crippen LogP contribution >= 0.6 is 0 Å². The van der Waals surface area contributed by atoms with Gasteiger partial charge in [0.2, 0.25) is 0 Å². The first-order valence-corrected chi connectivity index (χ1v) is 4.48. The van der Waals surface area contributed by atoms with Crippen LogP contribution in [0.4, 0.5) is 0 Å². The van der Waals surface area contributed by atoms with Gasteiger partial charge in [-0.1, -0.05) is 0 Å². The number of Topliss-reactive ketones (excluding diaryl/α,β-unsaturated/α-hetero) is 1. The van der Waals surface area contributed by atoms with Crippen LogP contribution in [-0.2, 0) is 9.53 Å².